The van der Waals surface area contributed by atoms with Gasteiger partial charge in [-0.3, -0.25) is 9.52 Å². The van der Waals surface area contributed by atoms with Gasteiger partial charge in [0.05, 0.1) is 19.1 Å². The number of sulfonamides is 1. The van der Waals surface area contributed by atoms with Crippen LogP contribution in [0.15, 0.2) is 48.5 Å². The van der Waals surface area contributed by atoms with Crippen LogP contribution in [0, 0.1) is 0 Å². The van der Waals surface area contributed by atoms with Crippen molar-refractivity contribution >= 4 is 33.4 Å². The van der Waals surface area contributed by atoms with Gasteiger partial charge in [0.15, 0.2) is 0 Å². The van der Waals surface area contributed by atoms with Gasteiger partial charge in [-0.25, -0.2) is 8.42 Å². The third kappa shape index (κ3) is 6.42. The second-order valence-corrected chi connectivity index (χ2v) is 9.23. The molecule has 0 aromatic heterocycles. The number of hydrogen-bond acceptors (Lipinski definition) is 4. The molecule has 7 heteroatoms. The highest BCUT2D eigenvalue weighted by Gasteiger charge is 2.12. The first-order chi connectivity index (χ1) is 13.0. The van der Waals surface area contributed by atoms with E-state index in [1.165, 1.54) is 24.8 Å². The van der Waals surface area contributed by atoms with Crippen molar-refractivity contribution in [3.05, 3.63) is 59.7 Å². The van der Waals surface area contributed by atoms with E-state index in [2.05, 4.69) is 42.9 Å². The Kier molecular flexibility index (Phi) is 6.51. The molecule has 0 heterocycles. The Morgan fingerprint density at radius 3 is 2.25 bits per heavy atom. The molecule has 0 atom stereocenters. The summed E-state index contributed by atoms with van der Waals surface area (Å²) >= 11 is 0. The number of hydrogen-bond donors (Lipinski definition) is 2. The van der Waals surface area contributed by atoms with Gasteiger partial charge in [0, 0.05) is 17.8 Å². The molecule has 0 saturated carbocycles. The summed E-state index contributed by atoms with van der Waals surface area (Å²) in [5.41, 5.74) is 3.03. The summed E-state index contributed by atoms with van der Waals surface area (Å²) in [6.45, 7) is 6.45. The topological polar surface area (TPSA) is 84.5 Å². The molecular formula is C21H26N2O4S. The van der Waals surface area contributed by atoms with Crippen LogP contribution < -0.4 is 14.8 Å². The van der Waals surface area contributed by atoms with Gasteiger partial charge in [-0.1, -0.05) is 45.0 Å². The second kappa shape index (κ2) is 8.48. The van der Waals surface area contributed by atoms with Crippen LogP contribution in [0.25, 0.3) is 6.08 Å². The first-order valence-corrected chi connectivity index (χ1v) is 10.6. The average molecular weight is 403 g/mol. The van der Waals surface area contributed by atoms with Crippen molar-refractivity contribution in [2.24, 2.45) is 0 Å². The van der Waals surface area contributed by atoms with Crippen molar-refractivity contribution in [2.75, 3.05) is 23.4 Å². The molecule has 6 nitrogen and oxygen atoms in total. The minimum absolute atomic E-state index is 0.0802. The predicted octanol–water partition coefficient (Wildman–Crippen LogP) is 4.02. The quantitative estimate of drug-likeness (QED) is 0.715. The van der Waals surface area contributed by atoms with Crippen molar-refractivity contribution in [1.82, 2.24) is 0 Å². The predicted molar refractivity (Wildman–Crippen MR) is 114 cm³/mol. The van der Waals surface area contributed by atoms with Crippen LogP contribution in [-0.2, 0) is 20.2 Å². The molecule has 0 spiro atoms. The van der Waals surface area contributed by atoms with Gasteiger partial charge in [0.2, 0.25) is 15.9 Å². The maximum Gasteiger partial charge on any atom is 0.248 e. The van der Waals surface area contributed by atoms with E-state index in [-0.39, 0.29) is 11.3 Å². The van der Waals surface area contributed by atoms with Gasteiger partial charge < -0.3 is 10.1 Å². The highest BCUT2D eigenvalue weighted by atomic mass is 32.2. The molecule has 0 saturated heterocycles. The van der Waals surface area contributed by atoms with Gasteiger partial charge in [-0.05, 0) is 34.8 Å². The Balaban J connectivity index is 2.07. The molecule has 0 aliphatic heterocycles. The van der Waals surface area contributed by atoms with Gasteiger partial charge >= 0.3 is 0 Å². The highest BCUT2D eigenvalue weighted by Crippen LogP contribution is 2.28. The molecule has 0 fully saturated rings. The van der Waals surface area contributed by atoms with Crippen molar-refractivity contribution in [2.45, 2.75) is 26.2 Å². The van der Waals surface area contributed by atoms with Crippen molar-refractivity contribution < 1.29 is 17.9 Å². The van der Waals surface area contributed by atoms with E-state index in [4.69, 9.17) is 4.74 Å². The summed E-state index contributed by atoms with van der Waals surface area (Å²) in [4.78, 5) is 12.2. The number of carbonyl (C=O) groups excluding carboxylic acids is 1. The fourth-order valence-corrected chi connectivity index (χ4v) is 3.07. The molecule has 1 amide bonds. The number of carbonyl (C=O) groups is 1. The third-order valence-electron chi connectivity index (χ3n) is 3.97. The average Bonchev–Trinajstić information content (AvgIpc) is 2.59. The lowest BCUT2D eigenvalue weighted by Crippen LogP contribution is -2.11. The van der Waals surface area contributed by atoms with Crippen LogP contribution in [0.4, 0.5) is 11.4 Å². The van der Waals surface area contributed by atoms with Gasteiger partial charge in [-0.15, -0.1) is 0 Å². The Bertz CT molecular complexity index is 972. The van der Waals surface area contributed by atoms with Crippen molar-refractivity contribution in [3.8, 4) is 5.75 Å². The number of rotatable bonds is 6. The molecule has 150 valence electrons. The van der Waals surface area contributed by atoms with Crippen molar-refractivity contribution in [3.63, 3.8) is 0 Å². The molecule has 2 aromatic carbocycles. The zero-order valence-corrected chi connectivity index (χ0v) is 17.6. The van der Waals surface area contributed by atoms with Crippen LogP contribution in [0.2, 0.25) is 0 Å². The number of anilines is 2. The molecule has 0 aliphatic rings. The lowest BCUT2D eigenvalue weighted by atomic mass is 9.87. The van der Waals surface area contributed by atoms with E-state index in [0.717, 1.165) is 11.8 Å². The summed E-state index contributed by atoms with van der Waals surface area (Å²) in [6, 6.07) is 12.7. The van der Waals surface area contributed by atoms with E-state index in [1.54, 1.807) is 18.2 Å². The molecule has 0 aliphatic carbocycles. The second-order valence-electron chi connectivity index (χ2n) is 7.48. The standard InChI is InChI=1S/C21H26N2O4S/c1-21(2,3)16-9-6-15(7-10-16)8-13-20(24)22-17-11-12-18(19(14-17)27-4)23-28(5,25)26/h6-14,23H,1-5H3,(H,22,24)/b13-8+. The lowest BCUT2D eigenvalue weighted by molar-refractivity contribution is -0.111. The molecule has 0 bridgehead atoms. The van der Waals surface area contributed by atoms with Crippen LogP contribution in [0.5, 0.6) is 5.75 Å². The first kappa shape index (κ1) is 21.5. The SMILES string of the molecule is COc1cc(NC(=O)/C=C/c2ccc(C(C)(C)C)cc2)ccc1NS(C)(=O)=O. The Morgan fingerprint density at radius 2 is 1.71 bits per heavy atom. The normalized spacial score (nSPS) is 12.0. The Morgan fingerprint density at radius 1 is 1.07 bits per heavy atom. The first-order valence-electron chi connectivity index (χ1n) is 8.73. The zero-order chi connectivity index (χ0) is 20.9. The molecule has 0 unspecified atom stereocenters. The number of benzene rings is 2. The summed E-state index contributed by atoms with van der Waals surface area (Å²) in [6.07, 6.45) is 4.24. The summed E-state index contributed by atoms with van der Waals surface area (Å²) in [5.74, 6) is 0.00995. The molecular weight excluding hydrogens is 376 g/mol. The molecule has 28 heavy (non-hydrogen) atoms. The van der Waals surface area contributed by atoms with E-state index in [9.17, 15) is 13.2 Å². The summed E-state index contributed by atoms with van der Waals surface area (Å²) in [5, 5.41) is 2.73. The van der Waals surface area contributed by atoms with E-state index >= 15 is 0 Å². The number of ether oxygens (including phenoxy) is 1. The van der Waals surface area contributed by atoms with Crippen LogP contribution in [0.1, 0.15) is 31.9 Å². The largest absolute Gasteiger partial charge is 0.494 e. The molecule has 0 radical (unpaired) electrons. The van der Waals surface area contributed by atoms with E-state index in [0.29, 0.717) is 17.1 Å². The Hall–Kier alpha value is -2.80. The van der Waals surface area contributed by atoms with Gasteiger partial charge in [0.25, 0.3) is 0 Å². The summed E-state index contributed by atoms with van der Waals surface area (Å²) < 4.78 is 30.3. The molecule has 2 aromatic rings. The number of nitrogens with one attached hydrogen (secondary N) is 2. The fourth-order valence-electron chi connectivity index (χ4n) is 2.50. The van der Waals surface area contributed by atoms with Crippen LogP contribution in [-0.4, -0.2) is 27.7 Å². The maximum absolute atomic E-state index is 12.2. The van der Waals surface area contributed by atoms with Gasteiger partial charge in [0.1, 0.15) is 5.75 Å². The molecule has 2 rings (SSSR count). The zero-order valence-electron chi connectivity index (χ0n) is 16.7. The number of methoxy groups -OCH3 is 1. The van der Waals surface area contributed by atoms with Crippen molar-refractivity contribution in [1.29, 1.82) is 0 Å². The highest BCUT2D eigenvalue weighted by molar-refractivity contribution is 7.92. The maximum atomic E-state index is 12.2. The minimum Gasteiger partial charge on any atom is -0.494 e. The van der Waals surface area contributed by atoms with Crippen LogP contribution >= 0.6 is 0 Å². The smallest absolute Gasteiger partial charge is 0.248 e. The molecule has 2 N–H and O–H groups in total. The lowest BCUT2D eigenvalue weighted by Gasteiger charge is -2.18. The summed E-state index contributed by atoms with van der Waals surface area (Å²) in [7, 11) is -2.00. The van der Waals surface area contributed by atoms with E-state index in [1.807, 2.05) is 12.1 Å². The Labute approximate surface area is 166 Å². The van der Waals surface area contributed by atoms with Crippen LogP contribution in [0.3, 0.4) is 0 Å². The number of amides is 1. The van der Waals surface area contributed by atoms with E-state index < -0.39 is 10.0 Å². The minimum atomic E-state index is -3.43. The third-order valence-corrected chi connectivity index (χ3v) is 4.56. The monoisotopic (exact) mass is 402 g/mol. The van der Waals surface area contributed by atoms with Gasteiger partial charge in [-0.2, -0.15) is 0 Å². The fraction of sp³-hybridized carbons (Fsp3) is 0.286.